The molecule has 3 nitrogen and oxygen atoms in total. The maximum absolute atomic E-state index is 13.2. The van der Waals surface area contributed by atoms with Crippen molar-refractivity contribution in [3.63, 3.8) is 0 Å². The topological polar surface area (TPSA) is 32.3 Å². The quantitative estimate of drug-likeness (QED) is 0.919. The number of benzene rings is 1. The number of hydrogen-bond acceptors (Lipinski definition) is 2. The lowest BCUT2D eigenvalue weighted by molar-refractivity contribution is -0.131. The number of nitrogens with zero attached hydrogens (tertiary/aromatic N) is 1. The van der Waals surface area contributed by atoms with E-state index >= 15 is 0 Å². The number of amides is 1. The molecule has 1 aromatic carbocycles. The zero-order chi connectivity index (χ0) is 14.7. The van der Waals surface area contributed by atoms with Gasteiger partial charge in [-0.05, 0) is 49.4 Å². The van der Waals surface area contributed by atoms with Crippen LogP contribution in [0.5, 0.6) is 0 Å². The number of likely N-dealkylation sites (N-methyl/N-ethyl adjacent to an activating group) is 1. The Hall–Kier alpha value is -1.49. The van der Waals surface area contributed by atoms with Crippen molar-refractivity contribution in [3.05, 3.63) is 35.4 Å². The number of piperidine rings is 1. The predicted octanol–water partition coefficient (Wildman–Crippen LogP) is 1.96. The highest BCUT2D eigenvalue weighted by Crippen LogP contribution is 2.22. The van der Waals surface area contributed by atoms with Gasteiger partial charge in [0.05, 0.1) is 6.04 Å². The molecule has 0 saturated carbocycles. The minimum atomic E-state index is -0.546. The Morgan fingerprint density at radius 1 is 1.30 bits per heavy atom. The van der Waals surface area contributed by atoms with Gasteiger partial charge in [-0.15, -0.1) is 0 Å². The van der Waals surface area contributed by atoms with E-state index in [1.165, 1.54) is 12.1 Å². The van der Waals surface area contributed by atoms with Gasteiger partial charge in [-0.2, -0.15) is 0 Å². The second kappa shape index (κ2) is 6.31. The van der Waals surface area contributed by atoms with E-state index in [0.717, 1.165) is 19.0 Å². The molecule has 1 N–H and O–H groups in total. The molecule has 2 unspecified atom stereocenters. The second-order valence-corrected chi connectivity index (χ2v) is 5.61. The van der Waals surface area contributed by atoms with Crippen molar-refractivity contribution in [2.75, 3.05) is 20.6 Å². The number of rotatable bonds is 3. The lowest BCUT2D eigenvalue weighted by Gasteiger charge is -2.31. The summed E-state index contributed by atoms with van der Waals surface area (Å²) >= 11 is 0. The first-order valence-electron chi connectivity index (χ1n) is 6.85. The van der Waals surface area contributed by atoms with Crippen molar-refractivity contribution in [2.24, 2.45) is 5.92 Å². The first kappa shape index (κ1) is 14.9. The summed E-state index contributed by atoms with van der Waals surface area (Å²) in [6, 6.07) is 3.42. The van der Waals surface area contributed by atoms with E-state index in [2.05, 4.69) is 5.32 Å². The van der Waals surface area contributed by atoms with Crippen molar-refractivity contribution < 1.29 is 13.6 Å². The Labute approximate surface area is 118 Å². The van der Waals surface area contributed by atoms with Gasteiger partial charge in [0.1, 0.15) is 11.6 Å². The van der Waals surface area contributed by atoms with Gasteiger partial charge in [-0.3, -0.25) is 4.79 Å². The normalized spacial score (nSPS) is 22.6. The van der Waals surface area contributed by atoms with E-state index in [9.17, 15) is 13.6 Å². The van der Waals surface area contributed by atoms with Crippen LogP contribution in [0.2, 0.25) is 0 Å². The SMILES string of the molecule is CN(C)C(=O)C1CC(Cc2cc(F)cc(F)c2)CCN1. The average Bonchev–Trinajstić information content (AvgIpc) is 2.36. The zero-order valence-electron chi connectivity index (χ0n) is 11.8. The van der Waals surface area contributed by atoms with Crippen LogP contribution >= 0.6 is 0 Å². The van der Waals surface area contributed by atoms with Gasteiger partial charge in [-0.1, -0.05) is 0 Å². The summed E-state index contributed by atoms with van der Waals surface area (Å²) in [4.78, 5) is 13.5. The van der Waals surface area contributed by atoms with Crippen molar-refractivity contribution in [1.82, 2.24) is 10.2 Å². The fourth-order valence-electron chi connectivity index (χ4n) is 2.74. The highest BCUT2D eigenvalue weighted by atomic mass is 19.1. The average molecular weight is 282 g/mol. The summed E-state index contributed by atoms with van der Waals surface area (Å²) in [6.07, 6.45) is 2.22. The third-order valence-corrected chi connectivity index (χ3v) is 3.70. The minimum Gasteiger partial charge on any atom is -0.347 e. The number of hydrogen-bond donors (Lipinski definition) is 1. The largest absolute Gasteiger partial charge is 0.347 e. The molecule has 20 heavy (non-hydrogen) atoms. The number of carbonyl (C=O) groups excluding carboxylic acids is 1. The molecule has 0 aliphatic carbocycles. The molecule has 110 valence electrons. The number of nitrogens with one attached hydrogen (secondary N) is 1. The summed E-state index contributed by atoms with van der Waals surface area (Å²) in [5.74, 6) is -0.767. The van der Waals surface area contributed by atoms with Crippen LogP contribution in [0.15, 0.2) is 18.2 Å². The molecule has 5 heteroatoms. The molecule has 0 radical (unpaired) electrons. The number of halogens is 2. The van der Waals surface area contributed by atoms with E-state index in [1.54, 1.807) is 19.0 Å². The molecule has 2 atom stereocenters. The van der Waals surface area contributed by atoms with Crippen molar-refractivity contribution in [3.8, 4) is 0 Å². The molecule has 1 heterocycles. The predicted molar refractivity (Wildman–Crippen MR) is 73.3 cm³/mol. The maximum atomic E-state index is 13.2. The Bertz CT molecular complexity index is 471. The summed E-state index contributed by atoms with van der Waals surface area (Å²) < 4.78 is 26.4. The van der Waals surface area contributed by atoms with Crippen molar-refractivity contribution in [1.29, 1.82) is 0 Å². The molecule has 1 aliphatic heterocycles. The third-order valence-electron chi connectivity index (χ3n) is 3.70. The molecule has 0 spiro atoms. The van der Waals surface area contributed by atoms with Gasteiger partial charge in [0.15, 0.2) is 0 Å². The van der Waals surface area contributed by atoms with Crippen LogP contribution in [0, 0.1) is 17.6 Å². The molecule has 1 fully saturated rings. The molecule has 1 saturated heterocycles. The van der Waals surface area contributed by atoms with Crippen molar-refractivity contribution in [2.45, 2.75) is 25.3 Å². The summed E-state index contributed by atoms with van der Waals surface area (Å²) in [5.41, 5.74) is 0.658. The number of carbonyl (C=O) groups is 1. The highest BCUT2D eigenvalue weighted by Gasteiger charge is 2.27. The second-order valence-electron chi connectivity index (χ2n) is 5.61. The van der Waals surface area contributed by atoms with Crippen LogP contribution in [0.3, 0.4) is 0 Å². The minimum absolute atomic E-state index is 0.0557. The molecular formula is C15H20F2N2O. The van der Waals surface area contributed by atoms with Crippen LogP contribution in [-0.4, -0.2) is 37.5 Å². The lowest BCUT2D eigenvalue weighted by atomic mass is 9.86. The van der Waals surface area contributed by atoms with E-state index in [4.69, 9.17) is 0 Å². The van der Waals surface area contributed by atoms with Crippen LogP contribution in [0.25, 0.3) is 0 Å². The smallest absolute Gasteiger partial charge is 0.239 e. The Kier molecular flexibility index (Phi) is 4.70. The van der Waals surface area contributed by atoms with E-state index in [-0.39, 0.29) is 17.9 Å². The monoisotopic (exact) mass is 282 g/mol. The highest BCUT2D eigenvalue weighted by molar-refractivity contribution is 5.81. The third kappa shape index (κ3) is 3.76. The zero-order valence-corrected chi connectivity index (χ0v) is 11.8. The molecule has 2 rings (SSSR count). The van der Waals surface area contributed by atoms with Crippen LogP contribution in [0.1, 0.15) is 18.4 Å². The molecule has 1 aliphatic rings. The summed E-state index contributed by atoms with van der Waals surface area (Å²) in [7, 11) is 3.46. The molecule has 0 aromatic heterocycles. The van der Waals surface area contributed by atoms with Crippen LogP contribution < -0.4 is 5.32 Å². The fourth-order valence-corrected chi connectivity index (χ4v) is 2.74. The Morgan fingerprint density at radius 2 is 1.95 bits per heavy atom. The van der Waals surface area contributed by atoms with E-state index in [0.29, 0.717) is 18.4 Å². The molecule has 1 aromatic rings. The first-order valence-corrected chi connectivity index (χ1v) is 6.85. The van der Waals surface area contributed by atoms with Crippen LogP contribution in [-0.2, 0) is 11.2 Å². The van der Waals surface area contributed by atoms with Gasteiger partial charge in [-0.25, -0.2) is 8.78 Å². The Morgan fingerprint density at radius 3 is 2.55 bits per heavy atom. The standard InChI is InChI=1S/C15H20F2N2O/c1-19(2)15(20)14-8-10(3-4-18-14)5-11-6-12(16)9-13(17)7-11/h6-7,9-10,14,18H,3-5,8H2,1-2H3. The fraction of sp³-hybridized carbons (Fsp3) is 0.533. The van der Waals surface area contributed by atoms with Gasteiger partial charge in [0.2, 0.25) is 5.91 Å². The van der Waals surface area contributed by atoms with E-state index in [1.807, 2.05) is 0 Å². The first-order chi connectivity index (χ1) is 9.45. The Balaban J connectivity index is 2.00. The van der Waals surface area contributed by atoms with Gasteiger partial charge >= 0.3 is 0 Å². The van der Waals surface area contributed by atoms with E-state index < -0.39 is 11.6 Å². The van der Waals surface area contributed by atoms with Crippen LogP contribution in [0.4, 0.5) is 8.78 Å². The summed E-state index contributed by atoms with van der Waals surface area (Å²) in [6.45, 7) is 0.757. The maximum Gasteiger partial charge on any atom is 0.239 e. The van der Waals surface area contributed by atoms with Gasteiger partial charge in [0, 0.05) is 20.2 Å². The molecule has 1 amide bonds. The van der Waals surface area contributed by atoms with Gasteiger partial charge in [0.25, 0.3) is 0 Å². The lowest BCUT2D eigenvalue weighted by Crippen LogP contribution is -2.48. The van der Waals surface area contributed by atoms with Crippen molar-refractivity contribution >= 4 is 5.91 Å². The molecular weight excluding hydrogens is 262 g/mol. The van der Waals surface area contributed by atoms with Gasteiger partial charge < -0.3 is 10.2 Å². The summed E-state index contributed by atoms with van der Waals surface area (Å²) in [5, 5.41) is 3.20. The molecule has 0 bridgehead atoms.